The van der Waals surface area contributed by atoms with E-state index in [0.29, 0.717) is 43.1 Å². The molecule has 11 nitrogen and oxygen atoms in total. The molecule has 0 saturated carbocycles. The Kier molecular flexibility index (Phi) is 10.3. The van der Waals surface area contributed by atoms with Crippen LogP contribution in [0.2, 0.25) is 0 Å². The summed E-state index contributed by atoms with van der Waals surface area (Å²) in [5, 5.41) is 7.45. The fraction of sp³-hybridized carbons (Fsp3) is 0.514. The number of rotatable bonds is 6. The van der Waals surface area contributed by atoms with Crippen molar-refractivity contribution < 1.29 is 23.9 Å². The molecular weight excluding hydrogens is 584 g/mol. The standard InChI is InChI=1S/C35H46N6O5/c1-10-12-29(42)37-26-14-11-13-24(19-26)22-40(33(44)46-35(7,8)9)30-20-28(38-31-27(23(2)3)21-36-41(30)31)25-15-17-39(18-16-25)32(43)45-34(4,5)6/h11,13-14,19-21,23,25H,15-18,22H2,1-9H3,(H,37,42). The lowest BCUT2D eigenvalue weighted by Crippen LogP contribution is -2.41. The van der Waals surface area contributed by atoms with Gasteiger partial charge in [0.15, 0.2) is 5.65 Å². The smallest absolute Gasteiger partial charge is 0.416 e. The Bertz CT molecular complexity index is 1650. The zero-order valence-corrected chi connectivity index (χ0v) is 28.4. The van der Waals surface area contributed by atoms with Gasteiger partial charge in [-0.15, -0.1) is 0 Å². The van der Waals surface area contributed by atoms with Crippen LogP contribution in [0.15, 0.2) is 36.5 Å². The van der Waals surface area contributed by atoms with E-state index in [1.807, 2.05) is 59.7 Å². The second kappa shape index (κ2) is 13.8. The molecule has 0 aliphatic carbocycles. The van der Waals surface area contributed by atoms with E-state index in [-0.39, 0.29) is 24.5 Å². The molecule has 0 spiro atoms. The van der Waals surface area contributed by atoms with Gasteiger partial charge in [-0.3, -0.25) is 9.69 Å². The molecule has 2 aromatic heterocycles. The normalized spacial score (nSPS) is 14.1. The number of nitrogens with one attached hydrogen (secondary N) is 1. The van der Waals surface area contributed by atoms with Crippen molar-refractivity contribution in [3.05, 3.63) is 53.3 Å². The third-order valence-corrected chi connectivity index (χ3v) is 7.34. The lowest BCUT2D eigenvalue weighted by molar-refractivity contribution is -0.111. The van der Waals surface area contributed by atoms with Crippen LogP contribution in [0, 0.1) is 11.8 Å². The number of anilines is 2. The molecule has 1 fully saturated rings. The lowest BCUT2D eigenvalue weighted by atomic mass is 9.93. The number of carbonyl (C=O) groups excluding carboxylic acids is 3. The van der Waals surface area contributed by atoms with E-state index in [1.165, 1.54) is 0 Å². The summed E-state index contributed by atoms with van der Waals surface area (Å²) in [6.07, 6.45) is 2.33. The van der Waals surface area contributed by atoms with Gasteiger partial charge in [0.05, 0.1) is 12.7 Å². The highest BCUT2D eigenvalue weighted by atomic mass is 16.6. The molecule has 1 saturated heterocycles. The first-order chi connectivity index (χ1) is 21.5. The molecule has 246 valence electrons. The minimum Gasteiger partial charge on any atom is -0.444 e. The number of likely N-dealkylation sites (tertiary alicyclic amines) is 1. The Labute approximate surface area is 271 Å². The van der Waals surface area contributed by atoms with E-state index in [1.54, 1.807) is 39.6 Å². The topological polar surface area (TPSA) is 118 Å². The predicted octanol–water partition coefficient (Wildman–Crippen LogP) is 6.87. The van der Waals surface area contributed by atoms with E-state index in [0.717, 1.165) is 16.8 Å². The van der Waals surface area contributed by atoms with Gasteiger partial charge >= 0.3 is 12.2 Å². The van der Waals surface area contributed by atoms with Gasteiger partial charge in [-0.1, -0.05) is 31.9 Å². The summed E-state index contributed by atoms with van der Waals surface area (Å²) in [6.45, 7) is 18.0. The number of benzene rings is 1. The molecule has 46 heavy (non-hydrogen) atoms. The van der Waals surface area contributed by atoms with Gasteiger partial charge < -0.3 is 19.7 Å². The number of hydrogen-bond acceptors (Lipinski definition) is 7. The molecule has 1 N–H and O–H groups in total. The Morgan fingerprint density at radius 1 is 1.04 bits per heavy atom. The molecule has 4 rings (SSSR count). The minimum absolute atomic E-state index is 0.0519. The summed E-state index contributed by atoms with van der Waals surface area (Å²) in [4.78, 5) is 47.1. The highest BCUT2D eigenvalue weighted by Crippen LogP contribution is 2.33. The van der Waals surface area contributed by atoms with Crippen molar-refractivity contribution in [2.24, 2.45) is 0 Å². The average molecular weight is 631 g/mol. The zero-order valence-electron chi connectivity index (χ0n) is 28.4. The first-order valence-corrected chi connectivity index (χ1v) is 15.7. The van der Waals surface area contributed by atoms with Crippen LogP contribution in [-0.4, -0.2) is 61.9 Å². The Hall–Kier alpha value is -4.59. The summed E-state index contributed by atoms with van der Waals surface area (Å²) in [6, 6.07) is 9.18. The van der Waals surface area contributed by atoms with Crippen molar-refractivity contribution in [3.63, 3.8) is 0 Å². The van der Waals surface area contributed by atoms with Crippen molar-refractivity contribution in [3.8, 4) is 11.8 Å². The van der Waals surface area contributed by atoms with Gasteiger partial charge in [0.2, 0.25) is 0 Å². The Morgan fingerprint density at radius 3 is 2.33 bits per heavy atom. The van der Waals surface area contributed by atoms with Gasteiger partial charge in [0.1, 0.15) is 17.0 Å². The van der Waals surface area contributed by atoms with Crippen molar-refractivity contribution in [2.75, 3.05) is 23.3 Å². The SMILES string of the molecule is CC#CC(=O)Nc1cccc(CN(C(=O)OC(C)(C)C)c2cc(C3CCN(C(=O)OC(C)(C)C)CC3)nc3c(C(C)C)cnn23)c1. The number of ether oxygens (including phenoxy) is 2. The molecule has 3 heterocycles. The molecule has 11 heteroatoms. The molecular formula is C35H46N6O5. The van der Waals surface area contributed by atoms with Gasteiger partial charge in [-0.25, -0.2) is 14.6 Å². The van der Waals surface area contributed by atoms with Crippen LogP contribution in [-0.2, 0) is 20.8 Å². The average Bonchev–Trinajstić information content (AvgIpc) is 3.39. The highest BCUT2D eigenvalue weighted by Gasteiger charge is 2.31. The number of amides is 3. The van der Waals surface area contributed by atoms with Crippen LogP contribution < -0.4 is 10.2 Å². The van der Waals surface area contributed by atoms with Crippen LogP contribution in [0.1, 0.15) is 104 Å². The maximum atomic E-state index is 13.9. The van der Waals surface area contributed by atoms with Crippen molar-refractivity contribution in [1.82, 2.24) is 19.5 Å². The van der Waals surface area contributed by atoms with Crippen LogP contribution in [0.4, 0.5) is 21.1 Å². The predicted molar refractivity (Wildman–Crippen MR) is 178 cm³/mol. The third-order valence-electron chi connectivity index (χ3n) is 7.34. The number of nitrogens with zero attached hydrogens (tertiary/aromatic N) is 5. The van der Waals surface area contributed by atoms with Crippen LogP contribution in [0.5, 0.6) is 0 Å². The van der Waals surface area contributed by atoms with Gasteiger partial charge in [-0.05, 0) is 90.8 Å². The lowest BCUT2D eigenvalue weighted by Gasteiger charge is -2.33. The summed E-state index contributed by atoms with van der Waals surface area (Å²) < 4.78 is 13.2. The third kappa shape index (κ3) is 8.77. The van der Waals surface area contributed by atoms with Gasteiger partial charge in [0, 0.05) is 42.0 Å². The van der Waals surface area contributed by atoms with Crippen LogP contribution in [0.25, 0.3) is 5.65 Å². The monoisotopic (exact) mass is 630 g/mol. The first kappa shape index (κ1) is 34.3. The van der Waals surface area contributed by atoms with Crippen molar-refractivity contribution in [1.29, 1.82) is 0 Å². The van der Waals surface area contributed by atoms with E-state index in [4.69, 9.17) is 14.5 Å². The van der Waals surface area contributed by atoms with E-state index < -0.39 is 23.2 Å². The number of fused-ring (bicyclic) bond motifs is 1. The van der Waals surface area contributed by atoms with Crippen LogP contribution in [0.3, 0.4) is 0 Å². The molecule has 1 aromatic carbocycles. The maximum absolute atomic E-state index is 13.9. The summed E-state index contributed by atoms with van der Waals surface area (Å²) in [5.41, 5.74) is 2.46. The molecule has 3 amide bonds. The Balaban J connectivity index is 1.75. The first-order valence-electron chi connectivity index (χ1n) is 15.7. The highest BCUT2D eigenvalue weighted by molar-refractivity contribution is 6.03. The van der Waals surface area contributed by atoms with E-state index >= 15 is 0 Å². The summed E-state index contributed by atoms with van der Waals surface area (Å²) >= 11 is 0. The summed E-state index contributed by atoms with van der Waals surface area (Å²) in [5.74, 6) is 5.37. The molecule has 3 aromatic rings. The second-order valence-corrected chi connectivity index (χ2v) is 13.9. The number of hydrogen-bond donors (Lipinski definition) is 1. The number of aromatic nitrogens is 3. The molecule has 0 unspecified atom stereocenters. The van der Waals surface area contributed by atoms with Crippen LogP contribution >= 0.6 is 0 Å². The zero-order chi connectivity index (χ0) is 33.8. The molecule has 1 aliphatic rings. The maximum Gasteiger partial charge on any atom is 0.416 e. The number of piperidine rings is 1. The quantitative estimate of drug-likeness (QED) is 0.295. The molecule has 0 radical (unpaired) electrons. The van der Waals surface area contributed by atoms with E-state index in [2.05, 4.69) is 36.1 Å². The minimum atomic E-state index is -0.749. The fourth-order valence-corrected chi connectivity index (χ4v) is 5.24. The van der Waals surface area contributed by atoms with Gasteiger partial charge in [-0.2, -0.15) is 9.61 Å². The molecule has 1 aliphatic heterocycles. The molecule has 0 bridgehead atoms. The van der Waals surface area contributed by atoms with Crippen molar-refractivity contribution >= 4 is 35.2 Å². The fourth-order valence-electron chi connectivity index (χ4n) is 5.24. The van der Waals surface area contributed by atoms with E-state index in [9.17, 15) is 14.4 Å². The van der Waals surface area contributed by atoms with Crippen molar-refractivity contribution in [2.45, 2.75) is 105 Å². The second-order valence-electron chi connectivity index (χ2n) is 13.9. The largest absolute Gasteiger partial charge is 0.444 e. The molecule has 0 atom stereocenters. The van der Waals surface area contributed by atoms with Gasteiger partial charge in [0.25, 0.3) is 5.91 Å². The number of carbonyl (C=O) groups is 3. The summed E-state index contributed by atoms with van der Waals surface area (Å²) in [7, 11) is 0. The Morgan fingerprint density at radius 2 is 1.72 bits per heavy atom.